The minimum atomic E-state index is -0.173. The maximum atomic E-state index is 11.2. The molecule has 1 unspecified atom stereocenters. The van der Waals surface area contributed by atoms with Crippen molar-refractivity contribution >= 4 is 17.3 Å². The van der Waals surface area contributed by atoms with Gasteiger partial charge in [-0.2, -0.15) is 0 Å². The van der Waals surface area contributed by atoms with Crippen molar-refractivity contribution in [3.63, 3.8) is 0 Å². The molecular formula is C24H29N3O2. The van der Waals surface area contributed by atoms with Crippen LogP contribution in [0.15, 0.2) is 70.9 Å². The zero-order chi connectivity index (χ0) is 20.8. The summed E-state index contributed by atoms with van der Waals surface area (Å²) < 4.78 is 0. The van der Waals surface area contributed by atoms with E-state index in [9.17, 15) is 4.79 Å². The molecule has 0 aliphatic carbocycles. The van der Waals surface area contributed by atoms with Crippen molar-refractivity contribution in [3.05, 3.63) is 77.0 Å². The lowest BCUT2D eigenvalue weighted by Crippen LogP contribution is -2.33. The normalized spacial score (nSPS) is 16.6. The summed E-state index contributed by atoms with van der Waals surface area (Å²) in [5.74, 6) is -0.0661. The first-order valence-electron chi connectivity index (χ1n) is 10.0. The number of carbonyl (C=O) groups is 1. The SMILES string of the molecule is CCCC1=C(Cc2ccc(NC(C)=O)cc2)C(C)=NC(c2ccccc2)N1OC. The molecule has 1 aliphatic heterocycles. The monoisotopic (exact) mass is 391 g/mol. The molecule has 1 aliphatic rings. The molecule has 152 valence electrons. The summed E-state index contributed by atoms with van der Waals surface area (Å²) in [6, 6.07) is 18.2. The highest BCUT2D eigenvalue weighted by atomic mass is 16.7. The third kappa shape index (κ3) is 4.93. The summed E-state index contributed by atoms with van der Waals surface area (Å²) >= 11 is 0. The molecule has 0 saturated heterocycles. The zero-order valence-corrected chi connectivity index (χ0v) is 17.6. The van der Waals surface area contributed by atoms with Crippen molar-refractivity contribution in [1.82, 2.24) is 5.06 Å². The summed E-state index contributed by atoms with van der Waals surface area (Å²) in [6.07, 6.45) is 2.54. The van der Waals surface area contributed by atoms with Gasteiger partial charge in [-0.25, -0.2) is 5.06 Å². The first kappa shape index (κ1) is 20.8. The number of anilines is 1. The summed E-state index contributed by atoms with van der Waals surface area (Å²) in [5, 5.41) is 4.76. The van der Waals surface area contributed by atoms with Crippen LogP contribution < -0.4 is 5.32 Å². The second-order valence-corrected chi connectivity index (χ2v) is 7.24. The van der Waals surface area contributed by atoms with Crippen LogP contribution in [0.3, 0.4) is 0 Å². The molecular weight excluding hydrogens is 362 g/mol. The summed E-state index contributed by atoms with van der Waals surface area (Å²) in [7, 11) is 1.71. The van der Waals surface area contributed by atoms with Crippen molar-refractivity contribution in [1.29, 1.82) is 0 Å². The Morgan fingerprint density at radius 2 is 1.83 bits per heavy atom. The Bertz CT molecular complexity index is 901. The molecule has 0 spiro atoms. The molecule has 5 heteroatoms. The van der Waals surface area contributed by atoms with Gasteiger partial charge in [0.2, 0.25) is 5.91 Å². The van der Waals surface area contributed by atoms with Crippen LogP contribution in [0.2, 0.25) is 0 Å². The molecule has 0 saturated carbocycles. The van der Waals surface area contributed by atoms with E-state index in [0.29, 0.717) is 0 Å². The highest BCUT2D eigenvalue weighted by Crippen LogP contribution is 2.35. The van der Waals surface area contributed by atoms with Gasteiger partial charge in [-0.15, -0.1) is 0 Å². The van der Waals surface area contributed by atoms with E-state index >= 15 is 0 Å². The molecule has 3 rings (SSSR count). The fourth-order valence-electron chi connectivity index (χ4n) is 3.69. The van der Waals surface area contributed by atoms with Gasteiger partial charge in [-0.05, 0) is 42.2 Å². The fourth-order valence-corrected chi connectivity index (χ4v) is 3.69. The van der Waals surface area contributed by atoms with E-state index in [4.69, 9.17) is 9.83 Å². The Hall–Kier alpha value is -2.92. The van der Waals surface area contributed by atoms with Gasteiger partial charge in [0.1, 0.15) is 0 Å². The van der Waals surface area contributed by atoms with E-state index in [0.717, 1.165) is 36.2 Å². The Balaban J connectivity index is 1.92. The van der Waals surface area contributed by atoms with Crippen LogP contribution in [0.25, 0.3) is 0 Å². The maximum absolute atomic E-state index is 11.2. The molecule has 0 aromatic heterocycles. The summed E-state index contributed by atoms with van der Waals surface area (Å²) in [6.45, 7) is 5.78. The van der Waals surface area contributed by atoms with Crippen LogP contribution >= 0.6 is 0 Å². The molecule has 1 amide bonds. The first-order valence-corrected chi connectivity index (χ1v) is 10.0. The number of hydrogen-bond acceptors (Lipinski definition) is 4. The molecule has 2 aromatic rings. The quantitative estimate of drug-likeness (QED) is 0.699. The molecule has 2 aromatic carbocycles. The average molecular weight is 392 g/mol. The third-order valence-electron chi connectivity index (χ3n) is 5.03. The predicted octanol–water partition coefficient (Wildman–Crippen LogP) is 5.28. The number of aliphatic imine (C=N–C) groups is 1. The molecule has 1 atom stereocenters. The largest absolute Gasteiger partial charge is 0.326 e. The molecule has 1 heterocycles. The molecule has 1 N–H and O–H groups in total. The Morgan fingerprint density at radius 1 is 1.14 bits per heavy atom. The van der Waals surface area contributed by atoms with Crippen LogP contribution in [-0.2, 0) is 16.1 Å². The minimum absolute atomic E-state index is 0.0661. The van der Waals surface area contributed by atoms with Gasteiger partial charge in [-0.3, -0.25) is 14.6 Å². The van der Waals surface area contributed by atoms with Gasteiger partial charge in [0.15, 0.2) is 6.17 Å². The van der Waals surface area contributed by atoms with Crippen molar-refractivity contribution in [2.24, 2.45) is 4.99 Å². The van der Waals surface area contributed by atoms with Gasteiger partial charge in [0, 0.05) is 30.4 Å². The second-order valence-electron chi connectivity index (χ2n) is 7.24. The Morgan fingerprint density at radius 3 is 2.41 bits per heavy atom. The lowest BCUT2D eigenvalue weighted by molar-refractivity contribution is -0.136. The number of nitrogens with one attached hydrogen (secondary N) is 1. The average Bonchev–Trinajstić information content (AvgIpc) is 2.72. The number of benzene rings is 2. The molecule has 5 nitrogen and oxygen atoms in total. The van der Waals surface area contributed by atoms with E-state index in [2.05, 4.69) is 43.4 Å². The number of rotatable bonds is 7. The van der Waals surface area contributed by atoms with Crippen molar-refractivity contribution in [3.8, 4) is 0 Å². The number of allylic oxidation sites excluding steroid dienone is 2. The standard InChI is InChI=1S/C24H29N3O2/c1-5-9-23-22(16-19-12-14-21(15-13-19)26-18(3)28)17(2)25-24(27(23)29-4)20-10-7-6-8-11-20/h6-8,10-15,24H,5,9,16H2,1-4H3,(H,26,28). The maximum Gasteiger partial charge on any atom is 0.221 e. The zero-order valence-electron chi connectivity index (χ0n) is 17.6. The Kier molecular flexibility index (Phi) is 6.83. The van der Waals surface area contributed by atoms with Gasteiger partial charge in [-0.1, -0.05) is 55.8 Å². The van der Waals surface area contributed by atoms with Gasteiger partial charge in [0.05, 0.1) is 7.11 Å². The van der Waals surface area contributed by atoms with E-state index in [-0.39, 0.29) is 12.1 Å². The molecule has 0 bridgehead atoms. The highest BCUT2D eigenvalue weighted by molar-refractivity contribution is 6.00. The number of carbonyl (C=O) groups excluding carboxylic acids is 1. The summed E-state index contributed by atoms with van der Waals surface area (Å²) in [5.41, 5.74) is 6.52. The van der Waals surface area contributed by atoms with Crippen LogP contribution in [0.4, 0.5) is 5.69 Å². The van der Waals surface area contributed by atoms with Crippen molar-refractivity contribution in [2.75, 3.05) is 12.4 Å². The van der Waals surface area contributed by atoms with E-state index in [1.807, 2.05) is 35.4 Å². The number of hydrogen-bond donors (Lipinski definition) is 1. The predicted molar refractivity (Wildman–Crippen MR) is 118 cm³/mol. The lowest BCUT2D eigenvalue weighted by Gasteiger charge is -2.36. The van der Waals surface area contributed by atoms with E-state index < -0.39 is 0 Å². The van der Waals surface area contributed by atoms with Crippen LogP contribution in [-0.4, -0.2) is 23.8 Å². The van der Waals surface area contributed by atoms with Crippen LogP contribution in [0.5, 0.6) is 0 Å². The third-order valence-corrected chi connectivity index (χ3v) is 5.03. The molecule has 0 fully saturated rings. The van der Waals surface area contributed by atoms with Crippen molar-refractivity contribution < 1.29 is 9.63 Å². The molecule has 29 heavy (non-hydrogen) atoms. The fraction of sp³-hybridized carbons (Fsp3) is 0.333. The second kappa shape index (κ2) is 9.52. The first-order chi connectivity index (χ1) is 14.0. The summed E-state index contributed by atoms with van der Waals surface area (Å²) in [4.78, 5) is 22.0. The van der Waals surface area contributed by atoms with Gasteiger partial charge in [0.25, 0.3) is 0 Å². The highest BCUT2D eigenvalue weighted by Gasteiger charge is 2.29. The van der Waals surface area contributed by atoms with Crippen LogP contribution in [0.1, 0.15) is 50.9 Å². The number of hydroxylamine groups is 2. The van der Waals surface area contributed by atoms with Crippen LogP contribution in [0, 0.1) is 0 Å². The van der Waals surface area contributed by atoms with E-state index in [1.165, 1.54) is 23.8 Å². The molecule has 0 radical (unpaired) electrons. The van der Waals surface area contributed by atoms with Gasteiger partial charge >= 0.3 is 0 Å². The number of nitrogens with zero attached hydrogens (tertiary/aromatic N) is 2. The van der Waals surface area contributed by atoms with E-state index in [1.54, 1.807) is 7.11 Å². The van der Waals surface area contributed by atoms with Gasteiger partial charge < -0.3 is 5.32 Å². The lowest BCUT2D eigenvalue weighted by atomic mass is 9.95. The number of amides is 1. The topological polar surface area (TPSA) is 53.9 Å². The Labute approximate surface area is 173 Å². The smallest absolute Gasteiger partial charge is 0.221 e. The minimum Gasteiger partial charge on any atom is -0.326 e. The van der Waals surface area contributed by atoms with Crippen molar-refractivity contribution in [2.45, 2.75) is 46.2 Å².